The monoisotopic (exact) mass is 226 g/mol. The van der Waals surface area contributed by atoms with Crippen LogP contribution in [0, 0.1) is 11.8 Å². The SMILES string of the molecule is CCC(C)CC(C)NC(=O)CC(N)C1CC1. The fraction of sp³-hybridized carbons (Fsp3) is 0.923. The maximum absolute atomic E-state index is 11.7. The average Bonchev–Trinajstić information content (AvgIpc) is 2.99. The molecule has 0 aliphatic heterocycles. The van der Waals surface area contributed by atoms with Crippen LogP contribution in [0.4, 0.5) is 0 Å². The highest BCUT2D eigenvalue weighted by atomic mass is 16.1. The molecule has 1 amide bonds. The van der Waals surface area contributed by atoms with Crippen molar-refractivity contribution >= 4 is 5.91 Å². The summed E-state index contributed by atoms with van der Waals surface area (Å²) in [4.78, 5) is 11.7. The molecule has 1 saturated carbocycles. The Hall–Kier alpha value is -0.570. The maximum atomic E-state index is 11.7. The van der Waals surface area contributed by atoms with E-state index in [0.29, 0.717) is 18.3 Å². The molecule has 0 bridgehead atoms. The van der Waals surface area contributed by atoms with Gasteiger partial charge in [0, 0.05) is 18.5 Å². The van der Waals surface area contributed by atoms with Crippen LogP contribution in [0.25, 0.3) is 0 Å². The van der Waals surface area contributed by atoms with Crippen LogP contribution in [0.2, 0.25) is 0 Å². The van der Waals surface area contributed by atoms with Crippen LogP contribution in [-0.2, 0) is 4.79 Å². The fourth-order valence-electron chi connectivity index (χ4n) is 2.07. The van der Waals surface area contributed by atoms with Crippen molar-refractivity contribution in [2.75, 3.05) is 0 Å². The highest BCUT2D eigenvalue weighted by Crippen LogP contribution is 2.32. The van der Waals surface area contributed by atoms with E-state index in [4.69, 9.17) is 5.73 Å². The number of rotatable bonds is 7. The van der Waals surface area contributed by atoms with Gasteiger partial charge in [-0.15, -0.1) is 0 Å². The van der Waals surface area contributed by atoms with Crippen LogP contribution < -0.4 is 11.1 Å². The number of amides is 1. The van der Waals surface area contributed by atoms with Crippen molar-refractivity contribution in [2.45, 2.75) is 65.0 Å². The maximum Gasteiger partial charge on any atom is 0.221 e. The van der Waals surface area contributed by atoms with E-state index in [1.54, 1.807) is 0 Å². The van der Waals surface area contributed by atoms with Crippen LogP contribution >= 0.6 is 0 Å². The van der Waals surface area contributed by atoms with Crippen LogP contribution in [-0.4, -0.2) is 18.0 Å². The molecule has 1 aliphatic rings. The molecular weight excluding hydrogens is 200 g/mol. The van der Waals surface area contributed by atoms with Crippen molar-refractivity contribution < 1.29 is 4.79 Å². The Labute approximate surface area is 99.2 Å². The minimum atomic E-state index is 0.0794. The Morgan fingerprint density at radius 3 is 2.56 bits per heavy atom. The van der Waals surface area contributed by atoms with E-state index in [2.05, 4.69) is 26.1 Å². The van der Waals surface area contributed by atoms with Crippen molar-refractivity contribution in [1.82, 2.24) is 5.32 Å². The molecule has 0 aromatic heterocycles. The summed E-state index contributed by atoms with van der Waals surface area (Å²) in [5.41, 5.74) is 5.92. The molecule has 3 nitrogen and oxygen atoms in total. The molecule has 3 N–H and O–H groups in total. The van der Waals surface area contributed by atoms with Crippen molar-refractivity contribution in [3.63, 3.8) is 0 Å². The minimum absolute atomic E-state index is 0.0794. The second-order valence-corrected chi connectivity index (χ2v) is 5.42. The van der Waals surface area contributed by atoms with Gasteiger partial charge in [-0.05, 0) is 38.0 Å². The highest BCUT2D eigenvalue weighted by Gasteiger charge is 2.29. The summed E-state index contributed by atoms with van der Waals surface area (Å²) >= 11 is 0. The first-order chi connectivity index (χ1) is 7.52. The van der Waals surface area contributed by atoms with E-state index in [1.807, 2.05) is 0 Å². The Bertz CT molecular complexity index is 226. The lowest BCUT2D eigenvalue weighted by molar-refractivity contribution is -0.122. The quantitative estimate of drug-likeness (QED) is 0.698. The van der Waals surface area contributed by atoms with Gasteiger partial charge in [0.2, 0.25) is 5.91 Å². The third kappa shape index (κ3) is 4.97. The van der Waals surface area contributed by atoms with Crippen LogP contribution in [0.15, 0.2) is 0 Å². The molecule has 1 rings (SSSR count). The topological polar surface area (TPSA) is 55.1 Å². The van der Waals surface area contributed by atoms with Gasteiger partial charge in [-0.3, -0.25) is 4.79 Å². The van der Waals surface area contributed by atoms with Gasteiger partial charge in [-0.25, -0.2) is 0 Å². The largest absolute Gasteiger partial charge is 0.354 e. The first-order valence-electron chi connectivity index (χ1n) is 6.57. The molecule has 0 spiro atoms. The second kappa shape index (κ2) is 6.24. The summed E-state index contributed by atoms with van der Waals surface area (Å²) in [7, 11) is 0. The minimum Gasteiger partial charge on any atom is -0.354 e. The lowest BCUT2D eigenvalue weighted by Crippen LogP contribution is -2.38. The lowest BCUT2D eigenvalue weighted by Gasteiger charge is -2.18. The van der Waals surface area contributed by atoms with Gasteiger partial charge in [0.25, 0.3) is 0 Å². The fourth-order valence-corrected chi connectivity index (χ4v) is 2.07. The molecular formula is C13H26N2O. The Balaban J connectivity index is 2.16. The summed E-state index contributed by atoms with van der Waals surface area (Å²) in [6.45, 7) is 6.48. The first-order valence-corrected chi connectivity index (χ1v) is 6.57. The van der Waals surface area contributed by atoms with Crippen LogP contribution in [0.5, 0.6) is 0 Å². The summed E-state index contributed by atoms with van der Waals surface area (Å²) in [6, 6.07) is 0.352. The number of nitrogens with two attached hydrogens (primary N) is 1. The van der Waals surface area contributed by atoms with Gasteiger partial charge in [-0.1, -0.05) is 20.3 Å². The van der Waals surface area contributed by atoms with Crippen LogP contribution in [0.1, 0.15) is 52.9 Å². The Morgan fingerprint density at radius 1 is 1.44 bits per heavy atom. The first kappa shape index (κ1) is 13.5. The smallest absolute Gasteiger partial charge is 0.221 e. The molecule has 0 aromatic rings. The third-order valence-electron chi connectivity index (χ3n) is 3.51. The number of carbonyl (C=O) groups is 1. The lowest BCUT2D eigenvalue weighted by atomic mass is 10.00. The number of hydrogen-bond acceptors (Lipinski definition) is 2. The standard InChI is InChI=1S/C13H26N2O/c1-4-9(2)7-10(3)15-13(16)8-12(14)11-5-6-11/h9-12H,4-8,14H2,1-3H3,(H,15,16). The summed E-state index contributed by atoms with van der Waals surface area (Å²) < 4.78 is 0. The van der Waals surface area contributed by atoms with Gasteiger partial charge < -0.3 is 11.1 Å². The highest BCUT2D eigenvalue weighted by molar-refractivity contribution is 5.76. The van der Waals surface area contributed by atoms with Gasteiger partial charge >= 0.3 is 0 Å². The van der Waals surface area contributed by atoms with Crippen molar-refractivity contribution in [3.8, 4) is 0 Å². The normalized spacial score (nSPS) is 21.2. The van der Waals surface area contributed by atoms with E-state index in [1.165, 1.54) is 19.3 Å². The van der Waals surface area contributed by atoms with E-state index < -0.39 is 0 Å². The Kier molecular flexibility index (Phi) is 5.26. The number of nitrogens with one attached hydrogen (secondary N) is 1. The molecule has 0 radical (unpaired) electrons. The number of carbonyl (C=O) groups excluding carboxylic acids is 1. The van der Waals surface area contributed by atoms with E-state index in [0.717, 1.165) is 6.42 Å². The van der Waals surface area contributed by atoms with Crippen molar-refractivity contribution in [3.05, 3.63) is 0 Å². The molecule has 1 aliphatic carbocycles. The third-order valence-corrected chi connectivity index (χ3v) is 3.51. The summed E-state index contributed by atoms with van der Waals surface area (Å²) in [5.74, 6) is 1.40. The summed E-state index contributed by atoms with van der Waals surface area (Å²) in [5, 5.41) is 3.04. The molecule has 0 heterocycles. The van der Waals surface area contributed by atoms with E-state index >= 15 is 0 Å². The van der Waals surface area contributed by atoms with Gasteiger partial charge in [0.05, 0.1) is 0 Å². The zero-order valence-electron chi connectivity index (χ0n) is 10.8. The van der Waals surface area contributed by atoms with E-state index in [-0.39, 0.29) is 18.0 Å². The predicted molar refractivity (Wildman–Crippen MR) is 67.0 cm³/mol. The molecule has 0 saturated heterocycles. The van der Waals surface area contributed by atoms with Gasteiger partial charge in [-0.2, -0.15) is 0 Å². The van der Waals surface area contributed by atoms with Gasteiger partial charge in [0.1, 0.15) is 0 Å². The molecule has 94 valence electrons. The van der Waals surface area contributed by atoms with Crippen molar-refractivity contribution in [2.24, 2.45) is 17.6 Å². The van der Waals surface area contributed by atoms with Gasteiger partial charge in [0.15, 0.2) is 0 Å². The Morgan fingerprint density at radius 2 is 2.06 bits per heavy atom. The molecule has 0 aromatic carbocycles. The molecule has 3 atom stereocenters. The summed E-state index contributed by atoms with van der Waals surface area (Å²) in [6.07, 6.45) is 5.13. The second-order valence-electron chi connectivity index (χ2n) is 5.42. The average molecular weight is 226 g/mol. The molecule has 16 heavy (non-hydrogen) atoms. The molecule has 1 fully saturated rings. The predicted octanol–water partition coefficient (Wildman–Crippen LogP) is 2.05. The van der Waals surface area contributed by atoms with Crippen LogP contribution in [0.3, 0.4) is 0 Å². The van der Waals surface area contributed by atoms with E-state index in [9.17, 15) is 4.79 Å². The molecule has 3 heteroatoms. The zero-order chi connectivity index (χ0) is 12.1. The zero-order valence-corrected chi connectivity index (χ0v) is 10.8. The van der Waals surface area contributed by atoms with Crippen molar-refractivity contribution in [1.29, 1.82) is 0 Å². The molecule has 3 unspecified atom stereocenters. The number of hydrogen-bond donors (Lipinski definition) is 2.